The number of hydrogen-bond donors (Lipinski definition) is 0. The molecule has 2 aliphatic rings. The lowest BCUT2D eigenvalue weighted by atomic mass is 9.94. The molecule has 38 heavy (non-hydrogen) atoms. The summed E-state index contributed by atoms with van der Waals surface area (Å²) >= 11 is 1.18. The molecule has 0 saturated carbocycles. The van der Waals surface area contributed by atoms with Gasteiger partial charge >= 0.3 is 0 Å². The largest absolute Gasteiger partial charge is 0.366 e. The van der Waals surface area contributed by atoms with Crippen molar-refractivity contribution >= 4 is 43.2 Å². The molecule has 2 aliphatic heterocycles. The van der Waals surface area contributed by atoms with E-state index in [1.165, 1.54) is 32.6 Å². The van der Waals surface area contributed by atoms with Crippen molar-refractivity contribution in [3.8, 4) is 0 Å². The van der Waals surface area contributed by atoms with Crippen LogP contribution in [0.5, 0.6) is 0 Å². The van der Waals surface area contributed by atoms with Crippen LogP contribution in [-0.4, -0.2) is 72.3 Å². The van der Waals surface area contributed by atoms with Crippen LogP contribution < -0.4 is 10.5 Å². The monoisotopic (exact) mass is 561 g/mol. The minimum absolute atomic E-state index is 0.0107. The van der Waals surface area contributed by atoms with Crippen LogP contribution in [0.4, 0.5) is 10.1 Å². The topological polar surface area (TPSA) is 95.8 Å². The van der Waals surface area contributed by atoms with Gasteiger partial charge in [-0.05, 0) is 37.3 Å². The Morgan fingerprint density at radius 2 is 1.76 bits per heavy atom. The zero-order valence-electron chi connectivity index (χ0n) is 21.8. The molecule has 0 N–H and O–H groups in total. The first kappa shape index (κ1) is 26.8. The molecular formula is C26H32FN5O4S2. The molecule has 1 aromatic carbocycles. The molecule has 9 nitrogen and oxygen atoms in total. The van der Waals surface area contributed by atoms with E-state index in [0.717, 1.165) is 6.42 Å². The lowest BCUT2D eigenvalue weighted by Gasteiger charge is -2.36. The zero-order chi connectivity index (χ0) is 27.2. The highest BCUT2D eigenvalue weighted by Gasteiger charge is 2.36. The summed E-state index contributed by atoms with van der Waals surface area (Å²) in [6.07, 6.45) is 2.27. The third-order valence-corrected chi connectivity index (χ3v) is 10.5. The van der Waals surface area contributed by atoms with Gasteiger partial charge in [0.1, 0.15) is 22.1 Å². The normalized spacial score (nSPS) is 21.3. The number of fused-ring (bicyclic) bond motifs is 1. The molecule has 0 bridgehead atoms. The summed E-state index contributed by atoms with van der Waals surface area (Å²) in [5, 5.41) is 0.0538. The van der Waals surface area contributed by atoms with Gasteiger partial charge in [-0.3, -0.25) is 14.2 Å². The Labute approximate surface area is 225 Å². The molecule has 0 spiro atoms. The summed E-state index contributed by atoms with van der Waals surface area (Å²) in [6, 6.07) is 6.54. The molecule has 204 valence electrons. The Kier molecular flexibility index (Phi) is 7.31. The van der Waals surface area contributed by atoms with Gasteiger partial charge in [-0.25, -0.2) is 17.8 Å². The Morgan fingerprint density at radius 3 is 2.42 bits per heavy atom. The number of anilines is 1. The van der Waals surface area contributed by atoms with E-state index in [9.17, 15) is 22.4 Å². The van der Waals surface area contributed by atoms with Crippen molar-refractivity contribution in [1.29, 1.82) is 0 Å². The Bertz CT molecular complexity index is 1520. The van der Waals surface area contributed by atoms with Crippen LogP contribution >= 0.6 is 11.3 Å². The van der Waals surface area contributed by atoms with Crippen molar-refractivity contribution in [2.75, 3.05) is 44.2 Å². The summed E-state index contributed by atoms with van der Waals surface area (Å²) in [6.45, 7) is 8.06. The predicted molar refractivity (Wildman–Crippen MR) is 146 cm³/mol. The number of hydrogen-bond acceptors (Lipinski definition) is 7. The standard InChI is InChI=1S/C26H32FN5O4S2/c1-17-12-18(2)14-32(13-17)38(35,36)24-19(3)37-25-23(24)26(34)31(16-28-25)15-22(33)30-10-8-29(9-11-30)21-7-5-4-6-20(21)27/h4-7,16-18H,8-15H2,1-3H3/t17-,18+. The van der Waals surface area contributed by atoms with Crippen molar-refractivity contribution in [2.45, 2.75) is 38.6 Å². The molecule has 3 aromatic rings. The van der Waals surface area contributed by atoms with Crippen molar-refractivity contribution in [3.05, 3.63) is 51.6 Å². The number of piperidine rings is 1. The molecule has 2 saturated heterocycles. The first-order valence-electron chi connectivity index (χ1n) is 12.8. The Morgan fingerprint density at radius 1 is 1.11 bits per heavy atom. The van der Waals surface area contributed by atoms with E-state index in [-0.39, 0.29) is 40.4 Å². The number of aromatic nitrogens is 2. The van der Waals surface area contributed by atoms with Crippen molar-refractivity contribution in [1.82, 2.24) is 18.8 Å². The highest BCUT2D eigenvalue weighted by Crippen LogP contribution is 2.35. The minimum Gasteiger partial charge on any atom is -0.366 e. The number of carbonyl (C=O) groups excluding carboxylic acids is 1. The van der Waals surface area contributed by atoms with Crippen LogP contribution in [0.2, 0.25) is 0 Å². The van der Waals surface area contributed by atoms with Crippen LogP contribution in [0.3, 0.4) is 0 Å². The average molecular weight is 562 g/mol. The van der Waals surface area contributed by atoms with Crippen molar-refractivity contribution in [3.63, 3.8) is 0 Å². The van der Waals surface area contributed by atoms with Gasteiger partial charge in [0, 0.05) is 44.1 Å². The van der Waals surface area contributed by atoms with E-state index in [0.29, 0.717) is 54.7 Å². The molecule has 5 rings (SSSR count). The van der Waals surface area contributed by atoms with Gasteiger partial charge in [0.05, 0.1) is 17.4 Å². The van der Waals surface area contributed by atoms with Gasteiger partial charge in [-0.1, -0.05) is 26.0 Å². The number of nitrogens with zero attached hydrogens (tertiary/aromatic N) is 5. The fraction of sp³-hybridized carbons (Fsp3) is 0.500. The molecular weight excluding hydrogens is 529 g/mol. The number of amides is 1. The number of thiophene rings is 1. The third-order valence-electron chi connectivity index (χ3n) is 7.36. The molecule has 12 heteroatoms. The van der Waals surface area contributed by atoms with Crippen LogP contribution in [0, 0.1) is 24.6 Å². The number of carbonyl (C=O) groups is 1. The number of rotatable bonds is 5. The predicted octanol–water partition coefficient (Wildman–Crippen LogP) is 2.92. The molecule has 4 heterocycles. The molecule has 0 aliphatic carbocycles. The van der Waals surface area contributed by atoms with Gasteiger partial charge < -0.3 is 9.80 Å². The Balaban J connectivity index is 1.37. The van der Waals surface area contributed by atoms with Crippen LogP contribution in [0.1, 0.15) is 25.1 Å². The fourth-order valence-electron chi connectivity index (χ4n) is 5.62. The number of sulfonamides is 1. The van der Waals surface area contributed by atoms with Crippen LogP contribution in [-0.2, 0) is 21.4 Å². The maximum absolute atomic E-state index is 14.2. The van der Waals surface area contributed by atoms with E-state index in [4.69, 9.17) is 0 Å². The summed E-state index contributed by atoms with van der Waals surface area (Å²) in [4.78, 5) is 35.4. The average Bonchev–Trinajstić information content (AvgIpc) is 3.23. The van der Waals surface area contributed by atoms with E-state index in [1.807, 2.05) is 18.7 Å². The third kappa shape index (κ3) is 4.96. The maximum Gasteiger partial charge on any atom is 0.263 e. The molecule has 2 fully saturated rings. The van der Waals surface area contributed by atoms with E-state index >= 15 is 0 Å². The van der Waals surface area contributed by atoms with Gasteiger partial charge in [0.2, 0.25) is 15.9 Å². The molecule has 2 atom stereocenters. The summed E-state index contributed by atoms with van der Waals surface area (Å²) in [5.41, 5.74) is -0.0288. The summed E-state index contributed by atoms with van der Waals surface area (Å²) in [7, 11) is -3.91. The summed E-state index contributed by atoms with van der Waals surface area (Å²) < 4.78 is 44.3. The number of piperazine rings is 1. The quantitative estimate of drug-likeness (QED) is 0.476. The second kappa shape index (κ2) is 10.4. The number of benzene rings is 1. The smallest absolute Gasteiger partial charge is 0.263 e. The van der Waals surface area contributed by atoms with Crippen molar-refractivity contribution < 1.29 is 17.6 Å². The van der Waals surface area contributed by atoms with Gasteiger partial charge in [-0.15, -0.1) is 11.3 Å². The van der Waals surface area contributed by atoms with Crippen LogP contribution in [0.15, 0.2) is 40.3 Å². The second-order valence-electron chi connectivity index (χ2n) is 10.4. The highest BCUT2D eigenvalue weighted by molar-refractivity contribution is 7.89. The van der Waals surface area contributed by atoms with E-state index < -0.39 is 15.6 Å². The van der Waals surface area contributed by atoms with E-state index in [2.05, 4.69) is 4.98 Å². The van der Waals surface area contributed by atoms with E-state index in [1.54, 1.807) is 30.0 Å². The summed E-state index contributed by atoms with van der Waals surface area (Å²) in [5.74, 6) is -0.116. The van der Waals surface area contributed by atoms with Crippen molar-refractivity contribution in [2.24, 2.45) is 11.8 Å². The SMILES string of the molecule is Cc1sc2ncn(CC(=O)N3CCN(c4ccccc4F)CC3)c(=O)c2c1S(=O)(=O)N1C[C@H](C)C[C@H](C)C1. The first-order valence-corrected chi connectivity index (χ1v) is 15.1. The van der Waals surface area contributed by atoms with Gasteiger partial charge in [-0.2, -0.15) is 4.31 Å². The fourth-order valence-corrected chi connectivity index (χ4v) is 8.96. The zero-order valence-corrected chi connectivity index (χ0v) is 23.4. The minimum atomic E-state index is -3.91. The number of para-hydroxylation sites is 1. The lowest BCUT2D eigenvalue weighted by Crippen LogP contribution is -2.50. The first-order chi connectivity index (χ1) is 18.1. The number of halogens is 1. The molecule has 0 radical (unpaired) electrons. The maximum atomic E-state index is 14.2. The Hall–Kier alpha value is -2.83. The lowest BCUT2D eigenvalue weighted by molar-refractivity contribution is -0.132. The van der Waals surface area contributed by atoms with Gasteiger partial charge in [0.15, 0.2) is 0 Å². The molecule has 2 aromatic heterocycles. The molecule has 1 amide bonds. The highest BCUT2D eigenvalue weighted by atomic mass is 32.2. The second-order valence-corrected chi connectivity index (χ2v) is 13.5. The van der Waals surface area contributed by atoms with Gasteiger partial charge in [0.25, 0.3) is 5.56 Å². The van der Waals surface area contributed by atoms with Crippen LogP contribution in [0.25, 0.3) is 10.2 Å². The number of aryl methyl sites for hydroxylation is 1. The molecule has 0 unspecified atom stereocenters.